The highest BCUT2D eigenvalue weighted by molar-refractivity contribution is 9.10. The minimum atomic E-state index is -1.09. The summed E-state index contributed by atoms with van der Waals surface area (Å²) in [5, 5.41) is 11.5. The van der Waals surface area contributed by atoms with Crippen LogP contribution in [-0.2, 0) is 9.59 Å². The number of methoxy groups -OCH3 is 1. The predicted octanol–water partition coefficient (Wildman–Crippen LogP) is 4.16. The molecule has 1 saturated heterocycles. The molecule has 1 aliphatic heterocycles. The molecule has 10 heteroatoms. The Kier molecular flexibility index (Phi) is 7.50. The second-order valence-electron chi connectivity index (χ2n) is 7.18. The van der Waals surface area contributed by atoms with E-state index < -0.39 is 17.8 Å². The molecule has 2 N–H and O–H groups in total. The van der Waals surface area contributed by atoms with Gasteiger partial charge >= 0.3 is 5.97 Å². The molecule has 0 bridgehead atoms. The lowest BCUT2D eigenvalue weighted by Crippen LogP contribution is -2.54. The molecule has 0 saturated carbocycles. The summed E-state index contributed by atoms with van der Waals surface area (Å²) in [5.74, 6) is -1.41. The summed E-state index contributed by atoms with van der Waals surface area (Å²) in [5.41, 5.74) is 0.778. The molecule has 0 spiro atoms. The second-order valence-corrected chi connectivity index (χ2v) is 8.42. The molecule has 3 rings (SSSR count). The van der Waals surface area contributed by atoms with Gasteiger partial charge in [-0.3, -0.25) is 19.8 Å². The number of benzene rings is 2. The Labute approximate surface area is 204 Å². The van der Waals surface area contributed by atoms with Crippen LogP contribution < -0.4 is 19.7 Å². The SMILES string of the molecule is CC[C@H](C)Oc1c(Br)cc(/C=C2\C(=O)NC(=S)N(c3ccc(C(=O)O)cc3)C2=O)cc1OC. The molecule has 2 amide bonds. The summed E-state index contributed by atoms with van der Waals surface area (Å²) >= 11 is 8.65. The maximum absolute atomic E-state index is 13.2. The first-order valence-electron chi connectivity index (χ1n) is 9.95. The third-order valence-corrected chi connectivity index (χ3v) is 5.80. The van der Waals surface area contributed by atoms with Crippen LogP contribution in [-0.4, -0.2) is 41.2 Å². The van der Waals surface area contributed by atoms with Crippen molar-refractivity contribution < 1.29 is 29.0 Å². The first kappa shape index (κ1) is 24.4. The van der Waals surface area contributed by atoms with Gasteiger partial charge in [-0.05, 0) is 89.5 Å². The lowest BCUT2D eigenvalue weighted by Gasteiger charge is -2.29. The van der Waals surface area contributed by atoms with Crippen molar-refractivity contribution in [3.63, 3.8) is 0 Å². The van der Waals surface area contributed by atoms with Crippen LogP contribution >= 0.6 is 28.1 Å². The zero-order valence-electron chi connectivity index (χ0n) is 18.0. The summed E-state index contributed by atoms with van der Waals surface area (Å²) in [4.78, 5) is 38.0. The summed E-state index contributed by atoms with van der Waals surface area (Å²) in [6, 6.07) is 8.98. The van der Waals surface area contributed by atoms with Crippen molar-refractivity contribution in [3.8, 4) is 11.5 Å². The fraction of sp³-hybridized carbons (Fsp3) is 0.217. The molecule has 0 unspecified atom stereocenters. The Morgan fingerprint density at radius 1 is 1.27 bits per heavy atom. The molecule has 8 nitrogen and oxygen atoms in total. The van der Waals surface area contributed by atoms with Gasteiger partial charge in [-0.1, -0.05) is 6.92 Å². The van der Waals surface area contributed by atoms with E-state index in [1.807, 2.05) is 13.8 Å². The fourth-order valence-electron chi connectivity index (χ4n) is 3.03. The molecule has 1 heterocycles. The molecule has 0 aliphatic carbocycles. The number of anilines is 1. The van der Waals surface area contributed by atoms with E-state index >= 15 is 0 Å². The number of halogens is 1. The Morgan fingerprint density at radius 3 is 2.52 bits per heavy atom. The molecule has 33 heavy (non-hydrogen) atoms. The van der Waals surface area contributed by atoms with E-state index in [4.69, 9.17) is 26.8 Å². The lowest BCUT2D eigenvalue weighted by atomic mass is 10.1. The smallest absolute Gasteiger partial charge is 0.335 e. The minimum Gasteiger partial charge on any atom is -0.493 e. The highest BCUT2D eigenvalue weighted by Gasteiger charge is 2.34. The van der Waals surface area contributed by atoms with Crippen molar-refractivity contribution in [2.75, 3.05) is 12.0 Å². The number of hydrogen-bond acceptors (Lipinski definition) is 6. The number of carboxylic acid groups (broad SMARTS) is 1. The van der Waals surface area contributed by atoms with E-state index in [-0.39, 0.29) is 22.4 Å². The standard InChI is InChI=1S/C23H21BrN2O6S/c1-4-12(2)32-19-17(24)10-13(11-18(19)31-3)9-16-20(27)25-23(33)26(21(16)28)15-7-5-14(6-8-15)22(29)30/h5-12H,4H2,1-3H3,(H,29,30)(H,25,27,33)/b16-9+/t12-/m0/s1. The van der Waals surface area contributed by atoms with Gasteiger partial charge in [0.25, 0.3) is 11.8 Å². The fourth-order valence-corrected chi connectivity index (χ4v) is 3.87. The molecular weight excluding hydrogens is 512 g/mol. The maximum atomic E-state index is 13.2. The Hall–Kier alpha value is -3.24. The quantitative estimate of drug-likeness (QED) is 0.313. The van der Waals surface area contributed by atoms with E-state index in [0.717, 1.165) is 11.3 Å². The largest absolute Gasteiger partial charge is 0.493 e. The number of thiocarbonyl (C=S) groups is 1. The zero-order chi connectivity index (χ0) is 24.3. The van der Waals surface area contributed by atoms with Crippen LogP contribution in [0.5, 0.6) is 11.5 Å². The summed E-state index contributed by atoms with van der Waals surface area (Å²) in [7, 11) is 1.50. The number of aromatic carboxylic acids is 1. The molecular formula is C23H21BrN2O6S. The highest BCUT2D eigenvalue weighted by atomic mass is 79.9. The van der Waals surface area contributed by atoms with E-state index in [9.17, 15) is 14.4 Å². The minimum absolute atomic E-state index is 0.0350. The average molecular weight is 533 g/mol. The predicted molar refractivity (Wildman–Crippen MR) is 131 cm³/mol. The third-order valence-electron chi connectivity index (χ3n) is 4.93. The van der Waals surface area contributed by atoms with E-state index in [0.29, 0.717) is 27.2 Å². The molecule has 1 atom stereocenters. The van der Waals surface area contributed by atoms with E-state index in [2.05, 4.69) is 21.2 Å². The monoisotopic (exact) mass is 532 g/mol. The molecule has 1 fully saturated rings. The number of hydrogen-bond donors (Lipinski definition) is 2. The molecule has 0 radical (unpaired) electrons. The van der Waals surface area contributed by atoms with Crippen molar-refractivity contribution in [2.45, 2.75) is 26.4 Å². The second kappa shape index (κ2) is 10.1. The molecule has 2 aromatic rings. The first-order valence-corrected chi connectivity index (χ1v) is 11.1. The van der Waals surface area contributed by atoms with E-state index in [1.165, 1.54) is 37.5 Å². The van der Waals surface area contributed by atoms with Crippen LogP contribution in [0.2, 0.25) is 0 Å². The van der Waals surface area contributed by atoms with Crippen LogP contribution in [0, 0.1) is 0 Å². The van der Waals surface area contributed by atoms with E-state index in [1.54, 1.807) is 12.1 Å². The van der Waals surface area contributed by atoms with Gasteiger partial charge in [-0.25, -0.2) is 4.79 Å². The number of amides is 2. The number of rotatable bonds is 7. The van der Waals surface area contributed by atoms with Crippen molar-refractivity contribution >= 4 is 62.8 Å². The molecule has 172 valence electrons. The Morgan fingerprint density at radius 2 is 1.94 bits per heavy atom. The van der Waals surface area contributed by atoms with Gasteiger partial charge in [-0.2, -0.15) is 0 Å². The van der Waals surface area contributed by atoms with Crippen LogP contribution in [0.4, 0.5) is 5.69 Å². The Balaban J connectivity index is 1.99. The van der Waals surface area contributed by atoms with Gasteiger partial charge < -0.3 is 14.6 Å². The van der Waals surface area contributed by atoms with Crippen LogP contribution in [0.15, 0.2) is 46.4 Å². The highest BCUT2D eigenvalue weighted by Crippen LogP contribution is 2.38. The summed E-state index contributed by atoms with van der Waals surface area (Å²) < 4.78 is 12.0. The lowest BCUT2D eigenvalue weighted by molar-refractivity contribution is -0.122. The number of nitrogens with one attached hydrogen (secondary N) is 1. The number of ether oxygens (including phenoxy) is 2. The number of carbonyl (C=O) groups excluding carboxylic acids is 2. The van der Waals surface area contributed by atoms with Gasteiger partial charge in [0.15, 0.2) is 16.6 Å². The molecule has 0 aromatic heterocycles. The van der Waals surface area contributed by atoms with Crippen molar-refractivity contribution in [1.29, 1.82) is 0 Å². The van der Waals surface area contributed by atoms with Crippen LogP contribution in [0.1, 0.15) is 36.2 Å². The Bertz CT molecular complexity index is 1160. The van der Waals surface area contributed by atoms with Crippen molar-refractivity contribution in [3.05, 3.63) is 57.6 Å². The van der Waals surface area contributed by atoms with Gasteiger partial charge in [0.2, 0.25) is 0 Å². The maximum Gasteiger partial charge on any atom is 0.335 e. The summed E-state index contributed by atoms with van der Waals surface area (Å²) in [6.45, 7) is 3.94. The molecule has 1 aliphatic rings. The van der Waals surface area contributed by atoms with Crippen LogP contribution in [0.25, 0.3) is 6.08 Å². The summed E-state index contributed by atoms with van der Waals surface area (Å²) in [6.07, 6.45) is 2.20. The third kappa shape index (κ3) is 5.23. The number of nitrogens with zero attached hydrogens (tertiary/aromatic N) is 1. The molecule has 2 aromatic carbocycles. The zero-order valence-corrected chi connectivity index (χ0v) is 20.5. The topological polar surface area (TPSA) is 105 Å². The number of carboxylic acids is 1. The van der Waals surface area contributed by atoms with Crippen molar-refractivity contribution in [1.82, 2.24) is 5.32 Å². The van der Waals surface area contributed by atoms with Gasteiger partial charge in [0.1, 0.15) is 5.57 Å². The number of carbonyl (C=O) groups is 3. The van der Waals surface area contributed by atoms with Gasteiger partial charge in [0, 0.05) is 0 Å². The van der Waals surface area contributed by atoms with Gasteiger partial charge in [-0.15, -0.1) is 0 Å². The van der Waals surface area contributed by atoms with Crippen molar-refractivity contribution in [2.24, 2.45) is 0 Å². The normalized spacial score (nSPS) is 15.9. The van der Waals surface area contributed by atoms with Gasteiger partial charge in [0.05, 0.1) is 28.9 Å². The van der Waals surface area contributed by atoms with Crippen LogP contribution in [0.3, 0.4) is 0 Å². The first-order chi connectivity index (χ1) is 15.7. The average Bonchev–Trinajstić information content (AvgIpc) is 2.78.